The molecule has 3 nitrogen and oxygen atoms in total. The molecule has 0 radical (unpaired) electrons. The first-order valence-electron chi connectivity index (χ1n) is 8.99. The predicted molar refractivity (Wildman–Crippen MR) is 101 cm³/mol. The van der Waals surface area contributed by atoms with E-state index in [1.165, 1.54) is 29.9 Å². The number of pyridine rings is 1. The molecular formula is C18H32BNO2Si. The average molecular weight is 333 g/mol. The van der Waals surface area contributed by atoms with Crippen LogP contribution in [0.25, 0.3) is 0 Å². The largest absolute Gasteiger partial charge is 0.496 e. The molecule has 0 unspecified atom stereocenters. The normalized spacial score (nSPS) is 20.0. The molecule has 1 aliphatic heterocycles. The van der Waals surface area contributed by atoms with Crippen LogP contribution in [0.4, 0.5) is 0 Å². The molecule has 23 heavy (non-hydrogen) atoms. The summed E-state index contributed by atoms with van der Waals surface area (Å²) in [6.45, 7) is 15.4. The van der Waals surface area contributed by atoms with Gasteiger partial charge in [-0.1, -0.05) is 45.0 Å². The van der Waals surface area contributed by atoms with E-state index in [4.69, 9.17) is 14.3 Å². The lowest BCUT2D eigenvalue weighted by molar-refractivity contribution is 0.00578. The first-order valence-corrected chi connectivity index (χ1v) is 11.8. The van der Waals surface area contributed by atoms with Crippen LogP contribution in [-0.2, 0) is 15.4 Å². The Bertz CT molecular complexity index is 502. The monoisotopic (exact) mass is 333 g/mol. The van der Waals surface area contributed by atoms with Gasteiger partial charge in [0.25, 0.3) is 0 Å². The van der Waals surface area contributed by atoms with Gasteiger partial charge in [0.15, 0.2) is 0 Å². The molecule has 0 amide bonds. The van der Waals surface area contributed by atoms with E-state index in [0.29, 0.717) is 0 Å². The summed E-state index contributed by atoms with van der Waals surface area (Å²) in [5, 5.41) is 0. The molecule has 0 saturated carbocycles. The molecule has 2 heterocycles. The summed E-state index contributed by atoms with van der Waals surface area (Å²) in [5.74, 6) is 0. The van der Waals surface area contributed by atoms with E-state index in [1.54, 1.807) is 0 Å². The number of hydrogen-bond donors (Lipinski definition) is 0. The van der Waals surface area contributed by atoms with Gasteiger partial charge in [0.2, 0.25) is 0 Å². The third-order valence-electron chi connectivity index (χ3n) is 6.18. The van der Waals surface area contributed by atoms with Crippen LogP contribution >= 0.6 is 0 Å². The van der Waals surface area contributed by atoms with Crippen molar-refractivity contribution < 1.29 is 9.31 Å². The Balaban J connectivity index is 2.12. The lowest BCUT2D eigenvalue weighted by Gasteiger charge is -2.32. The Kier molecular flexibility index (Phi) is 5.44. The number of aromatic nitrogens is 1. The van der Waals surface area contributed by atoms with Crippen LogP contribution in [0.2, 0.25) is 18.1 Å². The molecule has 1 fully saturated rings. The van der Waals surface area contributed by atoms with Crippen LogP contribution in [0.1, 0.15) is 54.2 Å². The summed E-state index contributed by atoms with van der Waals surface area (Å²) >= 11 is 0. The van der Waals surface area contributed by atoms with Crippen LogP contribution < -0.4 is 5.46 Å². The molecule has 0 atom stereocenters. The topological polar surface area (TPSA) is 31.4 Å². The summed E-state index contributed by atoms with van der Waals surface area (Å²) in [4.78, 5) is 4.72. The van der Waals surface area contributed by atoms with Gasteiger partial charge in [-0.25, -0.2) is 0 Å². The third kappa shape index (κ3) is 3.72. The lowest BCUT2D eigenvalue weighted by Crippen LogP contribution is -2.41. The van der Waals surface area contributed by atoms with Gasteiger partial charge >= 0.3 is 7.12 Å². The van der Waals surface area contributed by atoms with Crippen molar-refractivity contribution in [2.75, 3.05) is 0 Å². The molecule has 2 rings (SSSR count). The van der Waals surface area contributed by atoms with E-state index in [9.17, 15) is 0 Å². The smallest absolute Gasteiger partial charge is 0.399 e. The van der Waals surface area contributed by atoms with Crippen molar-refractivity contribution in [1.82, 2.24) is 4.98 Å². The highest BCUT2D eigenvalue weighted by Gasteiger charge is 2.51. The van der Waals surface area contributed by atoms with E-state index in [2.05, 4.69) is 60.6 Å². The van der Waals surface area contributed by atoms with Crippen LogP contribution in [-0.4, -0.2) is 31.4 Å². The Morgan fingerprint density at radius 2 is 1.48 bits per heavy atom. The molecule has 128 valence electrons. The van der Waals surface area contributed by atoms with Crippen molar-refractivity contribution >= 4 is 20.7 Å². The fourth-order valence-electron chi connectivity index (χ4n) is 3.17. The molecule has 1 aliphatic rings. The van der Waals surface area contributed by atoms with Gasteiger partial charge in [-0.3, -0.25) is 4.98 Å². The van der Waals surface area contributed by atoms with Crippen molar-refractivity contribution in [3.8, 4) is 0 Å². The molecule has 0 N–H and O–H groups in total. The second kappa shape index (κ2) is 6.69. The van der Waals surface area contributed by atoms with E-state index in [1.807, 2.05) is 6.20 Å². The minimum Gasteiger partial charge on any atom is -0.399 e. The maximum Gasteiger partial charge on any atom is 0.496 e. The highest BCUT2D eigenvalue weighted by molar-refractivity contribution is 6.79. The zero-order valence-electron chi connectivity index (χ0n) is 15.9. The number of rotatable bonds is 6. The maximum atomic E-state index is 6.10. The Morgan fingerprint density at radius 1 is 0.957 bits per heavy atom. The first kappa shape index (κ1) is 18.7. The second-order valence-corrected chi connectivity index (χ2v) is 13.4. The van der Waals surface area contributed by atoms with Gasteiger partial charge in [-0.15, -0.1) is 0 Å². The van der Waals surface area contributed by atoms with Crippen molar-refractivity contribution in [3.63, 3.8) is 0 Å². The van der Waals surface area contributed by atoms with Crippen molar-refractivity contribution in [3.05, 3.63) is 24.0 Å². The SMILES string of the molecule is CC[Si](CC)(CC)Cc1ccc(B2OC(C)(C)C(C)(C)O2)cn1. The fourth-order valence-corrected chi connectivity index (χ4v) is 6.40. The average Bonchev–Trinajstić information content (AvgIpc) is 2.74. The molecule has 1 saturated heterocycles. The second-order valence-electron chi connectivity index (χ2n) is 7.91. The maximum absolute atomic E-state index is 6.10. The van der Waals surface area contributed by atoms with E-state index in [0.717, 1.165) is 5.46 Å². The molecule has 5 heteroatoms. The Labute approximate surface area is 143 Å². The zero-order valence-corrected chi connectivity index (χ0v) is 16.9. The van der Waals surface area contributed by atoms with Crippen molar-refractivity contribution in [2.24, 2.45) is 0 Å². The van der Waals surface area contributed by atoms with Crippen molar-refractivity contribution in [2.45, 2.75) is 83.8 Å². The van der Waals surface area contributed by atoms with Crippen LogP contribution in [0, 0.1) is 0 Å². The minimum atomic E-state index is -1.18. The first-order chi connectivity index (χ1) is 10.7. The number of nitrogens with zero attached hydrogens (tertiary/aromatic N) is 1. The molecule has 0 aromatic carbocycles. The highest BCUT2D eigenvalue weighted by atomic mass is 28.3. The molecule has 0 spiro atoms. The predicted octanol–water partition coefficient (Wildman–Crippen LogP) is 3.97. The molecule has 0 aliphatic carbocycles. The molecular weight excluding hydrogens is 301 g/mol. The van der Waals surface area contributed by atoms with Gasteiger partial charge in [0.1, 0.15) is 0 Å². The fraction of sp³-hybridized carbons (Fsp3) is 0.722. The lowest BCUT2D eigenvalue weighted by atomic mass is 9.80. The van der Waals surface area contributed by atoms with Gasteiger partial charge in [-0.05, 0) is 39.8 Å². The van der Waals surface area contributed by atoms with Crippen molar-refractivity contribution in [1.29, 1.82) is 0 Å². The number of hydrogen-bond acceptors (Lipinski definition) is 3. The summed E-state index contributed by atoms with van der Waals surface area (Å²) in [5.41, 5.74) is 1.64. The molecule has 1 aromatic rings. The summed E-state index contributed by atoms with van der Waals surface area (Å²) in [6, 6.07) is 9.48. The van der Waals surface area contributed by atoms with Gasteiger partial charge < -0.3 is 9.31 Å². The van der Waals surface area contributed by atoms with E-state index in [-0.39, 0.29) is 18.3 Å². The highest BCUT2D eigenvalue weighted by Crippen LogP contribution is 2.36. The molecule has 1 aromatic heterocycles. The Hall–Kier alpha value is -0.648. The summed E-state index contributed by atoms with van der Waals surface area (Å²) in [7, 11) is -1.49. The summed E-state index contributed by atoms with van der Waals surface area (Å²) in [6.07, 6.45) is 1.94. The van der Waals surface area contributed by atoms with Gasteiger partial charge in [0.05, 0.1) is 19.3 Å². The van der Waals surface area contributed by atoms with Crippen LogP contribution in [0.15, 0.2) is 18.3 Å². The standard InChI is InChI=1S/C18H32BNO2Si/c1-8-23(9-2,10-3)14-16-12-11-15(13-20-16)19-21-17(4,5)18(6,7)22-19/h11-13H,8-10,14H2,1-7H3. The minimum absolute atomic E-state index is 0.301. The summed E-state index contributed by atoms with van der Waals surface area (Å²) < 4.78 is 12.2. The zero-order chi connectivity index (χ0) is 17.3. The van der Waals surface area contributed by atoms with Crippen LogP contribution in [0.3, 0.4) is 0 Å². The third-order valence-corrected chi connectivity index (χ3v) is 11.8. The Morgan fingerprint density at radius 3 is 1.87 bits per heavy atom. The van der Waals surface area contributed by atoms with E-state index < -0.39 is 8.07 Å². The van der Waals surface area contributed by atoms with Crippen LogP contribution in [0.5, 0.6) is 0 Å². The van der Waals surface area contributed by atoms with Gasteiger partial charge in [-0.2, -0.15) is 0 Å². The molecule has 0 bridgehead atoms. The quantitative estimate of drug-likeness (QED) is 0.738. The van der Waals surface area contributed by atoms with E-state index >= 15 is 0 Å². The van der Waals surface area contributed by atoms with Gasteiger partial charge in [0, 0.05) is 17.4 Å².